The number of para-hydroxylation sites is 1. The largest absolute Gasteiger partial charge is 0.298 e. The molecule has 34 heavy (non-hydrogen) atoms. The van der Waals surface area contributed by atoms with Gasteiger partial charge in [-0.05, 0) is 37.1 Å². The lowest BCUT2D eigenvalue weighted by Crippen LogP contribution is -2.12. The molecule has 1 N–H and O–H groups in total. The van der Waals surface area contributed by atoms with E-state index in [4.69, 9.17) is 5.10 Å². The van der Waals surface area contributed by atoms with E-state index >= 15 is 0 Å². The summed E-state index contributed by atoms with van der Waals surface area (Å²) in [6.07, 6.45) is 1.75. The van der Waals surface area contributed by atoms with Crippen LogP contribution in [0.4, 0.5) is 5.13 Å². The number of benzene rings is 2. The normalized spacial score (nSPS) is 10.4. The third kappa shape index (κ3) is 4.49. The number of thiazole rings is 1. The lowest BCUT2D eigenvalue weighted by Gasteiger charge is -2.02. The van der Waals surface area contributed by atoms with Crippen LogP contribution in [0.1, 0.15) is 23.0 Å². The molecule has 6 nitrogen and oxygen atoms in total. The van der Waals surface area contributed by atoms with E-state index in [9.17, 15) is 4.79 Å². The summed E-state index contributed by atoms with van der Waals surface area (Å²) in [5.41, 5.74) is 4.87. The highest BCUT2D eigenvalue weighted by atomic mass is 32.1. The van der Waals surface area contributed by atoms with Crippen molar-refractivity contribution in [2.75, 3.05) is 5.32 Å². The number of hydrogen-bond donors (Lipinski definition) is 1. The van der Waals surface area contributed by atoms with Crippen LogP contribution in [0.3, 0.4) is 0 Å². The molecular formula is C27H19N5OS. The average Bonchev–Trinajstić information content (AvgIpc) is 3.53. The first-order chi connectivity index (χ1) is 16.7. The Balaban J connectivity index is 1.45. The molecule has 3 aromatic heterocycles. The van der Waals surface area contributed by atoms with E-state index in [1.54, 1.807) is 17.8 Å². The van der Waals surface area contributed by atoms with Crippen LogP contribution in [0, 0.1) is 11.8 Å². The predicted molar refractivity (Wildman–Crippen MR) is 135 cm³/mol. The molecule has 0 unspecified atom stereocenters. The molecule has 0 radical (unpaired) electrons. The fourth-order valence-corrected chi connectivity index (χ4v) is 4.15. The molecule has 0 saturated heterocycles. The quantitative estimate of drug-likeness (QED) is 0.342. The topological polar surface area (TPSA) is 72.7 Å². The van der Waals surface area contributed by atoms with Crippen molar-refractivity contribution in [3.05, 3.63) is 102 Å². The van der Waals surface area contributed by atoms with Crippen LogP contribution in [-0.4, -0.2) is 25.7 Å². The summed E-state index contributed by atoms with van der Waals surface area (Å²) in [6.45, 7) is 1.77. The Bertz CT molecular complexity index is 1510. The highest BCUT2D eigenvalue weighted by Crippen LogP contribution is 2.27. The van der Waals surface area contributed by atoms with E-state index in [1.165, 1.54) is 11.3 Å². The minimum Gasteiger partial charge on any atom is -0.298 e. The molecule has 0 atom stereocenters. The zero-order valence-electron chi connectivity index (χ0n) is 18.3. The number of rotatable bonds is 5. The predicted octanol–water partition coefficient (Wildman–Crippen LogP) is 5.68. The standard InChI is InChI=1S/C27H19N5OS/c1-2-10-20-13-9-16-23(28-20)24-18-34-27(29-24)30-26(33)22-17-32(21-14-7-4-8-15-21)31-25(22)19-11-5-3-6-12-19/h3-9,11-18H,1H3,(H,29,30,33). The van der Waals surface area contributed by atoms with Gasteiger partial charge in [-0.25, -0.2) is 14.6 Å². The number of hydrogen-bond acceptors (Lipinski definition) is 5. The van der Waals surface area contributed by atoms with Gasteiger partial charge in [0.1, 0.15) is 17.1 Å². The Kier molecular flexibility index (Phi) is 5.97. The minimum absolute atomic E-state index is 0.277. The third-order valence-corrected chi connectivity index (χ3v) is 5.77. The third-order valence-electron chi connectivity index (χ3n) is 5.02. The van der Waals surface area contributed by atoms with Crippen LogP contribution < -0.4 is 5.32 Å². The summed E-state index contributed by atoms with van der Waals surface area (Å²) < 4.78 is 1.72. The van der Waals surface area contributed by atoms with E-state index in [0.717, 1.165) is 11.3 Å². The minimum atomic E-state index is -0.277. The summed E-state index contributed by atoms with van der Waals surface area (Å²) >= 11 is 1.35. The van der Waals surface area contributed by atoms with Crippen molar-refractivity contribution in [2.24, 2.45) is 0 Å². The molecule has 5 rings (SSSR count). The molecule has 0 aliphatic carbocycles. The van der Waals surface area contributed by atoms with Gasteiger partial charge in [-0.1, -0.05) is 60.5 Å². The second kappa shape index (κ2) is 9.53. The maximum absolute atomic E-state index is 13.3. The maximum Gasteiger partial charge on any atom is 0.261 e. The smallest absolute Gasteiger partial charge is 0.261 e. The zero-order chi connectivity index (χ0) is 23.3. The molecule has 0 spiro atoms. The average molecular weight is 462 g/mol. The SMILES string of the molecule is CC#Cc1cccc(-c2csc(NC(=O)c3cn(-c4ccccc4)nc3-c3ccccc3)n2)n1. The molecule has 164 valence electrons. The summed E-state index contributed by atoms with van der Waals surface area (Å²) in [5.74, 6) is 5.52. The van der Waals surface area contributed by atoms with E-state index in [0.29, 0.717) is 33.5 Å². The van der Waals surface area contributed by atoms with Crippen molar-refractivity contribution in [1.29, 1.82) is 0 Å². The lowest BCUT2D eigenvalue weighted by atomic mass is 10.1. The Morgan fingerprint density at radius 2 is 1.68 bits per heavy atom. The fraction of sp³-hybridized carbons (Fsp3) is 0.0370. The summed E-state index contributed by atoms with van der Waals surface area (Å²) in [7, 11) is 0. The summed E-state index contributed by atoms with van der Waals surface area (Å²) in [5, 5.41) is 9.99. The van der Waals surface area contributed by atoms with Gasteiger partial charge < -0.3 is 0 Å². The number of nitrogens with zero attached hydrogens (tertiary/aromatic N) is 4. The van der Waals surface area contributed by atoms with E-state index in [-0.39, 0.29) is 5.91 Å². The second-order valence-electron chi connectivity index (χ2n) is 7.31. The van der Waals surface area contributed by atoms with Gasteiger partial charge >= 0.3 is 0 Å². The first kappa shape index (κ1) is 21.3. The van der Waals surface area contributed by atoms with Crippen LogP contribution in [0.2, 0.25) is 0 Å². The molecule has 2 aromatic carbocycles. The molecule has 7 heteroatoms. The molecule has 0 bridgehead atoms. The first-order valence-electron chi connectivity index (χ1n) is 10.6. The molecule has 0 aliphatic rings. The summed E-state index contributed by atoms with van der Waals surface area (Å²) in [6, 6.07) is 25.0. The monoisotopic (exact) mass is 461 g/mol. The molecule has 1 amide bonds. The van der Waals surface area contributed by atoms with Crippen LogP contribution in [-0.2, 0) is 0 Å². The number of carbonyl (C=O) groups is 1. The van der Waals surface area contributed by atoms with Crippen LogP contribution in [0.5, 0.6) is 0 Å². The number of pyridine rings is 1. The Hall–Kier alpha value is -4.54. The highest BCUT2D eigenvalue weighted by molar-refractivity contribution is 7.14. The molecule has 0 fully saturated rings. The van der Waals surface area contributed by atoms with Crippen molar-refractivity contribution < 1.29 is 4.79 Å². The van der Waals surface area contributed by atoms with Gasteiger partial charge in [-0.15, -0.1) is 11.3 Å². The Labute approximate surface area is 201 Å². The zero-order valence-corrected chi connectivity index (χ0v) is 19.1. The second-order valence-corrected chi connectivity index (χ2v) is 8.17. The van der Waals surface area contributed by atoms with Gasteiger partial charge in [0.2, 0.25) is 0 Å². The molecule has 3 heterocycles. The molecule has 5 aromatic rings. The van der Waals surface area contributed by atoms with Crippen LogP contribution in [0.25, 0.3) is 28.3 Å². The van der Waals surface area contributed by atoms with Crippen LogP contribution in [0.15, 0.2) is 90.4 Å². The van der Waals surface area contributed by atoms with Crippen molar-refractivity contribution in [3.8, 4) is 40.2 Å². The maximum atomic E-state index is 13.3. The van der Waals surface area contributed by atoms with Crippen molar-refractivity contribution in [1.82, 2.24) is 19.7 Å². The van der Waals surface area contributed by atoms with Gasteiger partial charge in [0.15, 0.2) is 5.13 Å². The molecule has 0 aliphatic heterocycles. The number of nitrogens with one attached hydrogen (secondary N) is 1. The van der Waals surface area contributed by atoms with E-state index < -0.39 is 0 Å². The van der Waals surface area contributed by atoms with Crippen molar-refractivity contribution in [2.45, 2.75) is 6.92 Å². The van der Waals surface area contributed by atoms with Crippen LogP contribution >= 0.6 is 11.3 Å². The number of amides is 1. The Morgan fingerprint density at radius 3 is 2.44 bits per heavy atom. The first-order valence-corrected chi connectivity index (χ1v) is 11.5. The van der Waals surface area contributed by atoms with E-state index in [2.05, 4.69) is 27.1 Å². The van der Waals surface area contributed by atoms with Gasteiger partial charge in [0.05, 0.1) is 16.9 Å². The lowest BCUT2D eigenvalue weighted by molar-refractivity contribution is 0.102. The fourth-order valence-electron chi connectivity index (χ4n) is 3.45. The van der Waals surface area contributed by atoms with Gasteiger partial charge in [-0.3, -0.25) is 10.1 Å². The highest BCUT2D eigenvalue weighted by Gasteiger charge is 2.20. The summed E-state index contributed by atoms with van der Waals surface area (Å²) in [4.78, 5) is 22.4. The van der Waals surface area contributed by atoms with Gasteiger partial charge in [-0.2, -0.15) is 5.10 Å². The van der Waals surface area contributed by atoms with Gasteiger partial charge in [0, 0.05) is 17.1 Å². The number of anilines is 1. The number of aromatic nitrogens is 4. The Morgan fingerprint density at radius 1 is 0.912 bits per heavy atom. The molecule has 0 saturated carbocycles. The number of carbonyl (C=O) groups excluding carboxylic acids is 1. The van der Waals surface area contributed by atoms with Crippen molar-refractivity contribution >= 4 is 22.4 Å². The van der Waals surface area contributed by atoms with Gasteiger partial charge in [0.25, 0.3) is 5.91 Å². The van der Waals surface area contributed by atoms with E-state index in [1.807, 2.05) is 84.2 Å². The molecular weight excluding hydrogens is 442 g/mol. The van der Waals surface area contributed by atoms with Crippen molar-refractivity contribution in [3.63, 3.8) is 0 Å².